The van der Waals surface area contributed by atoms with Gasteiger partial charge in [0.2, 0.25) is 0 Å². The van der Waals surface area contributed by atoms with Crippen LogP contribution in [0.15, 0.2) is 22.9 Å². The van der Waals surface area contributed by atoms with Crippen LogP contribution in [-0.2, 0) is 19.9 Å². The summed E-state index contributed by atoms with van der Waals surface area (Å²) in [7, 11) is 1.95. The molecule has 2 aromatic rings. The molecule has 2 rings (SSSR count). The zero-order valence-corrected chi connectivity index (χ0v) is 14.9. The Morgan fingerprint density at radius 1 is 1.38 bits per heavy atom. The van der Waals surface area contributed by atoms with Gasteiger partial charge in [-0.15, -0.1) is 0 Å². The molecule has 0 saturated heterocycles. The highest BCUT2D eigenvalue weighted by atomic mass is 79.9. The molecule has 0 radical (unpaired) electrons. The van der Waals surface area contributed by atoms with Crippen LogP contribution in [0.3, 0.4) is 0 Å². The molecule has 1 N–H and O–H groups in total. The van der Waals surface area contributed by atoms with Gasteiger partial charge in [-0.2, -0.15) is 5.10 Å². The molecule has 4 nitrogen and oxygen atoms in total. The minimum absolute atomic E-state index is 0.164. The van der Waals surface area contributed by atoms with Crippen LogP contribution in [0.1, 0.15) is 36.8 Å². The number of rotatable bonds is 6. The summed E-state index contributed by atoms with van der Waals surface area (Å²) in [5, 5.41) is 8.76. The topological polar surface area (TPSA) is 42.7 Å². The largest absolute Gasteiger partial charge is 0.310 e. The first kappa shape index (κ1) is 16.5. The molecule has 0 aromatic carbocycles. The molecule has 21 heavy (non-hydrogen) atoms. The van der Waals surface area contributed by atoms with Crippen molar-refractivity contribution >= 4 is 27.5 Å². The second-order valence-electron chi connectivity index (χ2n) is 4.94. The minimum atomic E-state index is 0.164. The highest BCUT2D eigenvalue weighted by molar-refractivity contribution is 9.10. The van der Waals surface area contributed by atoms with E-state index in [-0.39, 0.29) is 6.04 Å². The standard InChI is InChI=1S/C15H20BrClN4/c1-4-12-15(17)14(21(3)20-12)7-13(19-5-2)10-6-11(16)9-18-8-10/h6,8-9,13,19H,4-5,7H2,1-3H3. The third kappa shape index (κ3) is 3.84. The molecular formula is C15H20BrClN4. The van der Waals surface area contributed by atoms with Crippen molar-refractivity contribution in [3.8, 4) is 0 Å². The highest BCUT2D eigenvalue weighted by Gasteiger charge is 2.19. The van der Waals surface area contributed by atoms with E-state index in [1.54, 1.807) is 6.20 Å². The average molecular weight is 372 g/mol. The summed E-state index contributed by atoms with van der Waals surface area (Å²) >= 11 is 9.93. The number of aromatic nitrogens is 3. The van der Waals surface area contributed by atoms with E-state index in [4.69, 9.17) is 11.6 Å². The highest BCUT2D eigenvalue weighted by Crippen LogP contribution is 2.27. The molecule has 0 fully saturated rings. The predicted octanol–water partition coefficient (Wildman–Crippen LogP) is 3.69. The van der Waals surface area contributed by atoms with Gasteiger partial charge in [0.25, 0.3) is 0 Å². The van der Waals surface area contributed by atoms with Crippen molar-refractivity contribution in [3.63, 3.8) is 0 Å². The van der Waals surface area contributed by atoms with Gasteiger partial charge in [-0.3, -0.25) is 9.67 Å². The van der Waals surface area contributed by atoms with Gasteiger partial charge in [0, 0.05) is 36.4 Å². The van der Waals surface area contributed by atoms with E-state index in [0.717, 1.165) is 45.8 Å². The first-order valence-corrected chi connectivity index (χ1v) is 8.27. The summed E-state index contributed by atoms with van der Waals surface area (Å²) in [6.07, 6.45) is 5.31. The van der Waals surface area contributed by atoms with Crippen molar-refractivity contribution in [2.75, 3.05) is 6.54 Å². The Morgan fingerprint density at radius 3 is 2.71 bits per heavy atom. The Morgan fingerprint density at radius 2 is 2.14 bits per heavy atom. The molecule has 114 valence electrons. The maximum absolute atomic E-state index is 6.46. The van der Waals surface area contributed by atoms with Crippen LogP contribution >= 0.6 is 27.5 Å². The average Bonchev–Trinajstić information content (AvgIpc) is 2.74. The quantitative estimate of drug-likeness (QED) is 0.842. The van der Waals surface area contributed by atoms with Crippen molar-refractivity contribution in [1.29, 1.82) is 0 Å². The van der Waals surface area contributed by atoms with Gasteiger partial charge < -0.3 is 5.32 Å². The van der Waals surface area contributed by atoms with Gasteiger partial charge >= 0.3 is 0 Å². The van der Waals surface area contributed by atoms with Crippen molar-refractivity contribution in [1.82, 2.24) is 20.1 Å². The summed E-state index contributed by atoms with van der Waals surface area (Å²) in [5.41, 5.74) is 3.15. The Labute approximate surface area is 139 Å². The Hall–Kier alpha value is -0.910. The molecule has 6 heteroatoms. The number of nitrogens with one attached hydrogen (secondary N) is 1. The van der Waals surface area contributed by atoms with E-state index in [2.05, 4.69) is 51.2 Å². The fourth-order valence-corrected chi connectivity index (χ4v) is 3.16. The minimum Gasteiger partial charge on any atom is -0.310 e. The van der Waals surface area contributed by atoms with E-state index < -0.39 is 0 Å². The lowest BCUT2D eigenvalue weighted by Gasteiger charge is -2.18. The lowest BCUT2D eigenvalue weighted by atomic mass is 10.0. The fraction of sp³-hybridized carbons (Fsp3) is 0.467. The number of aryl methyl sites for hydroxylation is 2. The summed E-state index contributed by atoms with van der Waals surface area (Å²) in [6.45, 7) is 5.05. The molecule has 0 bridgehead atoms. The first-order chi connectivity index (χ1) is 10.1. The van der Waals surface area contributed by atoms with E-state index in [1.165, 1.54) is 0 Å². The summed E-state index contributed by atoms with van der Waals surface area (Å²) in [4.78, 5) is 4.25. The molecular weight excluding hydrogens is 352 g/mol. The molecule has 2 heterocycles. The normalized spacial score (nSPS) is 12.6. The zero-order chi connectivity index (χ0) is 15.4. The lowest BCUT2D eigenvalue weighted by Crippen LogP contribution is -2.24. The molecule has 0 amide bonds. The third-order valence-corrected chi connectivity index (χ3v) is 4.35. The molecule has 0 aliphatic rings. The van der Waals surface area contributed by atoms with Crippen molar-refractivity contribution < 1.29 is 0 Å². The van der Waals surface area contributed by atoms with Crippen LogP contribution in [0.2, 0.25) is 5.02 Å². The van der Waals surface area contributed by atoms with Crippen LogP contribution in [0, 0.1) is 0 Å². The SMILES string of the molecule is CCNC(Cc1c(Cl)c(CC)nn1C)c1cncc(Br)c1. The van der Waals surface area contributed by atoms with Gasteiger partial charge in [0.1, 0.15) is 0 Å². The molecule has 1 unspecified atom stereocenters. The van der Waals surface area contributed by atoms with Crippen LogP contribution < -0.4 is 5.32 Å². The van der Waals surface area contributed by atoms with Gasteiger partial charge in [-0.25, -0.2) is 0 Å². The fourth-order valence-electron chi connectivity index (χ4n) is 2.41. The molecule has 0 saturated carbocycles. The maximum atomic E-state index is 6.46. The van der Waals surface area contributed by atoms with Crippen molar-refractivity contribution in [2.24, 2.45) is 7.05 Å². The van der Waals surface area contributed by atoms with Crippen LogP contribution in [0.4, 0.5) is 0 Å². The molecule has 0 spiro atoms. The van der Waals surface area contributed by atoms with E-state index in [9.17, 15) is 0 Å². The zero-order valence-electron chi connectivity index (χ0n) is 12.5. The molecule has 1 atom stereocenters. The first-order valence-electron chi connectivity index (χ1n) is 7.10. The van der Waals surface area contributed by atoms with Gasteiger partial charge in [0.15, 0.2) is 0 Å². The number of hydrogen-bond acceptors (Lipinski definition) is 3. The van der Waals surface area contributed by atoms with E-state index >= 15 is 0 Å². The Balaban J connectivity index is 2.30. The van der Waals surface area contributed by atoms with Gasteiger partial charge in [-0.1, -0.05) is 25.4 Å². The number of nitrogens with zero attached hydrogens (tertiary/aromatic N) is 3. The molecule has 0 aliphatic carbocycles. The lowest BCUT2D eigenvalue weighted by molar-refractivity contribution is 0.527. The summed E-state index contributed by atoms with van der Waals surface area (Å²) < 4.78 is 2.87. The van der Waals surface area contributed by atoms with Gasteiger partial charge in [-0.05, 0) is 40.5 Å². The number of halogens is 2. The van der Waals surface area contributed by atoms with Crippen LogP contribution in [-0.4, -0.2) is 21.3 Å². The van der Waals surface area contributed by atoms with Crippen LogP contribution in [0.5, 0.6) is 0 Å². The molecule has 2 aromatic heterocycles. The maximum Gasteiger partial charge on any atom is 0.0850 e. The van der Waals surface area contributed by atoms with Crippen molar-refractivity contribution in [3.05, 3.63) is 44.9 Å². The van der Waals surface area contributed by atoms with Crippen LogP contribution in [0.25, 0.3) is 0 Å². The second-order valence-corrected chi connectivity index (χ2v) is 6.23. The molecule has 0 aliphatic heterocycles. The predicted molar refractivity (Wildman–Crippen MR) is 89.7 cm³/mol. The van der Waals surface area contributed by atoms with Crippen molar-refractivity contribution in [2.45, 2.75) is 32.7 Å². The second kappa shape index (κ2) is 7.38. The van der Waals surface area contributed by atoms with E-state index in [1.807, 2.05) is 17.9 Å². The van der Waals surface area contributed by atoms with Gasteiger partial charge in [0.05, 0.1) is 16.4 Å². The van der Waals surface area contributed by atoms with E-state index in [0.29, 0.717) is 0 Å². The number of hydrogen-bond donors (Lipinski definition) is 1. The monoisotopic (exact) mass is 370 g/mol. The summed E-state index contributed by atoms with van der Waals surface area (Å²) in [5.74, 6) is 0. The smallest absolute Gasteiger partial charge is 0.0850 e. The number of pyridine rings is 1. The number of likely N-dealkylation sites (N-methyl/N-ethyl adjacent to an activating group) is 1. The summed E-state index contributed by atoms with van der Waals surface area (Å²) in [6, 6.07) is 2.25. The third-order valence-electron chi connectivity index (χ3n) is 3.48. The Bertz CT molecular complexity index is 612. The Kier molecular flexibility index (Phi) is 5.79.